The molecule has 0 saturated heterocycles. The summed E-state index contributed by atoms with van der Waals surface area (Å²) >= 11 is 5.77. The van der Waals surface area contributed by atoms with Gasteiger partial charge in [0, 0.05) is 6.07 Å². The number of ether oxygens (including phenoxy) is 1. The van der Waals surface area contributed by atoms with E-state index in [9.17, 15) is 20.2 Å². The van der Waals surface area contributed by atoms with Crippen molar-refractivity contribution in [2.24, 2.45) is 0 Å². The highest BCUT2D eigenvalue weighted by atomic mass is 35.5. The molecule has 0 atom stereocenters. The highest BCUT2D eigenvalue weighted by Gasteiger charge is 2.23. The molecule has 0 heterocycles. The number of halogens is 1. The molecule has 0 unspecified atom stereocenters. The lowest BCUT2D eigenvalue weighted by Crippen LogP contribution is -1.97. The second-order valence-corrected chi connectivity index (χ2v) is 4.58. The van der Waals surface area contributed by atoms with Gasteiger partial charge in [-0.3, -0.25) is 20.2 Å². The predicted octanol–water partition coefficient (Wildman–Crippen LogP) is 4.26. The van der Waals surface area contributed by atoms with Crippen molar-refractivity contribution < 1.29 is 14.6 Å². The van der Waals surface area contributed by atoms with Crippen LogP contribution < -0.4 is 4.74 Å². The third kappa shape index (κ3) is 3.09. The summed E-state index contributed by atoms with van der Waals surface area (Å²) in [6.07, 6.45) is 0. The van der Waals surface area contributed by atoms with Gasteiger partial charge in [-0.15, -0.1) is 0 Å². The number of aryl methyl sites for hydroxylation is 1. The molecule has 0 spiro atoms. The van der Waals surface area contributed by atoms with Crippen molar-refractivity contribution in [3.05, 3.63) is 67.2 Å². The molecule has 21 heavy (non-hydrogen) atoms. The van der Waals surface area contributed by atoms with Crippen molar-refractivity contribution in [2.45, 2.75) is 6.92 Å². The molecule has 2 aromatic rings. The van der Waals surface area contributed by atoms with Gasteiger partial charge in [0.15, 0.2) is 0 Å². The summed E-state index contributed by atoms with van der Waals surface area (Å²) < 4.78 is 5.36. The minimum absolute atomic E-state index is 0.0784. The molecule has 0 aliphatic rings. The van der Waals surface area contributed by atoms with Crippen molar-refractivity contribution >= 4 is 23.0 Å². The monoisotopic (exact) mass is 308 g/mol. The first-order valence-electron chi connectivity index (χ1n) is 5.76. The Morgan fingerprint density at radius 2 is 1.76 bits per heavy atom. The summed E-state index contributed by atoms with van der Waals surface area (Å²) in [5, 5.41) is 21.9. The van der Waals surface area contributed by atoms with Gasteiger partial charge in [0.2, 0.25) is 11.5 Å². The molecule has 7 nitrogen and oxygen atoms in total. The van der Waals surface area contributed by atoms with Gasteiger partial charge in [0.25, 0.3) is 0 Å². The molecule has 0 aromatic heterocycles. The van der Waals surface area contributed by atoms with Crippen molar-refractivity contribution in [3.63, 3.8) is 0 Å². The number of rotatable bonds is 4. The lowest BCUT2D eigenvalue weighted by molar-refractivity contribution is -0.387. The van der Waals surface area contributed by atoms with Crippen molar-refractivity contribution in [3.8, 4) is 11.5 Å². The highest BCUT2D eigenvalue weighted by molar-refractivity contribution is 6.32. The fourth-order valence-electron chi connectivity index (χ4n) is 1.73. The van der Waals surface area contributed by atoms with E-state index >= 15 is 0 Å². The largest absolute Gasteiger partial charge is 0.443 e. The maximum Gasteiger partial charge on any atom is 0.329 e. The Hall–Kier alpha value is -2.67. The molecule has 0 fully saturated rings. The molecular formula is C13H9ClN2O5. The van der Waals surface area contributed by atoms with Crippen LogP contribution in [0, 0.1) is 27.2 Å². The van der Waals surface area contributed by atoms with E-state index in [2.05, 4.69) is 0 Å². The summed E-state index contributed by atoms with van der Waals surface area (Å²) in [5.74, 6) is -0.230. The fourth-order valence-corrected chi connectivity index (χ4v) is 1.96. The zero-order valence-electron chi connectivity index (χ0n) is 10.8. The number of nitro benzene ring substituents is 2. The number of benzene rings is 2. The molecule has 108 valence electrons. The molecule has 0 aliphatic heterocycles. The van der Waals surface area contributed by atoms with Crippen LogP contribution in [-0.2, 0) is 0 Å². The van der Waals surface area contributed by atoms with Crippen LogP contribution in [-0.4, -0.2) is 9.85 Å². The van der Waals surface area contributed by atoms with Gasteiger partial charge in [0.05, 0.1) is 9.85 Å². The smallest absolute Gasteiger partial charge is 0.329 e. The molecule has 0 aliphatic carbocycles. The van der Waals surface area contributed by atoms with Gasteiger partial charge in [-0.1, -0.05) is 23.7 Å². The van der Waals surface area contributed by atoms with Crippen molar-refractivity contribution in [1.82, 2.24) is 0 Å². The number of hydrogen-bond donors (Lipinski definition) is 0. The van der Waals surface area contributed by atoms with Crippen LogP contribution in [0.25, 0.3) is 0 Å². The van der Waals surface area contributed by atoms with Gasteiger partial charge in [-0.2, -0.15) is 0 Å². The van der Waals surface area contributed by atoms with Gasteiger partial charge >= 0.3 is 11.4 Å². The average molecular weight is 309 g/mol. The molecular weight excluding hydrogens is 300 g/mol. The molecule has 0 bridgehead atoms. The molecule has 2 rings (SSSR count). The van der Waals surface area contributed by atoms with Crippen LogP contribution in [0.5, 0.6) is 11.5 Å². The van der Waals surface area contributed by atoms with E-state index in [4.69, 9.17) is 16.3 Å². The Morgan fingerprint density at radius 3 is 2.38 bits per heavy atom. The first-order chi connectivity index (χ1) is 9.90. The number of nitrogens with zero attached hydrogens (tertiary/aromatic N) is 2. The Bertz CT molecular complexity index is 732. The second kappa shape index (κ2) is 5.76. The summed E-state index contributed by atoms with van der Waals surface area (Å²) in [6.45, 7) is 1.73. The van der Waals surface area contributed by atoms with Crippen molar-refractivity contribution in [1.29, 1.82) is 0 Å². The van der Waals surface area contributed by atoms with E-state index in [1.807, 2.05) is 0 Å². The zero-order valence-corrected chi connectivity index (χ0v) is 11.5. The van der Waals surface area contributed by atoms with E-state index in [0.717, 1.165) is 5.56 Å². The molecule has 0 N–H and O–H groups in total. The summed E-state index contributed by atoms with van der Waals surface area (Å²) in [7, 11) is 0. The fraction of sp³-hybridized carbons (Fsp3) is 0.0769. The predicted molar refractivity (Wildman–Crippen MR) is 76.0 cm³/mol. The minimum atomic E-state index is -0.695. The standard InChI is InChI=1S/C13H9ClN2O5/c1-8-5-6-10(15(17)18)12(7-8)21-11-4-2-3-9(14)13(11)16(19)20/h2-7H,1H3. The lowest BCUT2D eigenvalue weighted by atomic mass is 10.2. The number of nitro groups is 2. The van der Waals surface area contributed by atoms with Crippen LogP contribution in [0.4, 0.5) is 11.4 Å². The Kier molecular flexibility index (Phi) is 4.04. The van der Waals surface area contributed by atoms with E-state index in [1.54, 1.807) is 13.0 Å². The molecule has 0 saturated carbocycles. The summed E-state index contributed by atoms with van der Waals surface area (Å²) in [5.41, 5.74) is 0.00475. The number of para-hydroxylation sites is 1. The summed E-state index contributed by atoms with van der Waals surface area (Å²) in [4.78, 5) is 20.7. The first-order valence-corrected chi connectivity index (χ1v) is 6.13. The van der Waals surface area contributed by atoms with Gasteiger partial charge in [-0.25, -0.2) is 0 Å². The van der Waals surface area contributed by atoms with E-state index in [1.165, 1.54) is 30.3 Å². The molecule has 2 aromatic carbocycles. The highest BCUT2D eigenvalue weighted by Crippen LogP contribution is 2.39. The van der Waals surface area contributed by atoms with Crippen LogP contribution in [0.1, 0.15) is 5.56 Å². The third-order valence-corrected chi connectivity index (χ3v) is 2.97. The van der Waals surface area contributed by atoms with E-state index in [0.29, 0.717) is 0 Å². The molecule has 0 amide bonds. The zero-order chi connectivity index (χ0) is 15.6. The molecule has 8 heteroatoms. The van der Waals surface area contributed by atoms with E-state index < -0.39 is 15.5 Å². The van der Waals surface area contributed by atoms with Crippen LogP contribution in [0.2, 0.25) is 5.02 Å². The topological polar surface area (TPSA) is 95.5 Å². The second-order valence-electron chi connectivity index (χ2n) is 4.17. The molecule has 0 radical (unpaired) electrons. The van der Waals surface area contributed by atoms with Gasteiger partial charge < -0.3 is 4.74 Å². The van der Waals surface area contributed by atoms with Gasteiger partial charge in [0.1, 0.15) is 5.02 Å². The maximum absolute atomic E-state index is 11.0. The third-order valence-electron chi connectivity index (χ3n) is 2.66. The van der Waals surface area contributed by atoms with Crippen LogP contribution in [0.15, 0.2) is 36.4 Å². The normalized spacial score (nSPS) is 10.2. The van der Waals surface area contributed by atoms with Crippen molar-refractivity contribution in [2.75, 3.05) is 0 Å². The maximum atomic E-state index is 11.0. The Balaban J connectivity index is 2.53. The summed E-state index contributed by atoms with van der Waals surface area (Å²) in [6, 6.07) is 8.40. The SMILES string of the molecule is Cc1ccc([N+](=O)[O-])c(Oc2cccc(Cl)c2[N+](=O)[O-])c1. The quantitative estimate of drug-likeness (QED) is 0.621. The average Bonchev–Trinajstić information content (AvgIpc) is 2.37. The first kappa shape index (κ1) is 14.7. The van der Waals surface area contributed by atoms with Crippen LogP contribution in [0.3, 0.4) is 0 Å². The van der Waals surface area contributed by atoms with Crippen LogP contribution >= 0.6 is 11.6 Å². The lowest BCUT2D eigenvalue weighted by Gasteiger charge is -2.08. The minimum Gasteiger partial charge on any atom is -0.443 e. The van der Waals surface area contributed by atoms with E-state index in [-0.39, 0.29) is 22.2 Å². The number of hydrogen-bond acceptors (Lipinski definition) is 5. The Labute approximate surface area is 124 Å². The van der Waals surface area contributed by atoms with Gasteiger partial charge in [-0.05, 0) is 30.7 Å². The Morgan fingerprint density at radius 1 is 1.05 bits per heavy atom.